The monoisotopic (exact) mass is 358 g/mol. The Kier molecular flexibility index (Phi) is 17.3. The summed E-state index contributed by atoms with van der Waals surface area (Å²) in [5.41, 5.74) is 2.09. The minimum absolute atomic E-state index is 0. The number of hydrogen-bond acceptors (Lipinski definition) is 0. The van der Waals surface area contributed by atoms with E-state index in [1.54, 1.807) is 0 Å². The van der Waals surface area contributed by atoms with Crippen LogP contribution in [0.2, 0.25) is 0 Å². The van der Waals surface area contributed by atoms with Crippen LogP contribution in [0.25, 0.3) is 0 Å². The molecule has 0 saturated heterocycles. The van der Waals surface area contributed by atoms with Gasteiger partial charge in [0.15, 0.2) is 0 Å². The molecule has 0 radical (unpaired) electrons. The van der Waals surface area contributed by atoms with Crippen LogP contribution >= 0.6 is 0 Å². The van der Waals surface area contributed by atoms with Gasteiger partial charge < -0.3 is 0 Å². The molecule has 0 aromatic heterocycles. The van der Waals surface area contributed by atoms with Gasteiger partial charge in [-0.25, -0.2) is 0 Å². The molecule has 0 heterocycles. The molecule has 0 aliphatic rings. The molecule has 0 aromatic carbocycles. The number of rotatable bonds is 5. The van der Waals surface area contributed by atoms with Crippen LogP contribution in [-0.2, 0) is 0 Å². The maximum absolute atomic E-state index is 2.32. The van der Waals surface area contributed by atoms with E-state index in [0.717, 1.165) is 0 Å². The summed E-state index contributed by atoms with van der Waals surface area (Å²) in [4.78, 5) is 0. The van der Waals surface area contributed by atoms with Crippen LogP contribution < -0.4 is 0 Å². The molecule has 0 aliphatic carbocycles. The lowest BCUT2D eigenvalue weighted by Crippen LogP contribution is -2.09. The van der Waals surface area contributed by atoms with Crippen LogP contribution in [0, 0.1) is 21.7 Å². The van der Waals surface area contributed by atoms with Gasteiger partial charge in [0.1, 0.15) is 0 Å². The maximum atomic E-state index is 2.32. The van der Waals surface area contributed by atoms with Gasteiger partial charge in [0.25, 0.3) is 0 Å². The normalized spacial score (nSPS) is 12.5. The lowest BCUT2D eigenvalue weighted by atomic mass is 9.84. The number of hydrogen-bond donors (Lipinski definition) is 0. The van der Waals surface area contributed by atoms with Crippen LogP contribution in [0.3, 0.4) is 0 Å². The van der Waals surface area contributed by atoms with Crippen molar-refractivity contribution in [1.29, 1.82) is 0 Å². The first kappa shape index (κ1) is 32.7. The van der Waals surface area contributed by atoms with Crippen molar-refractivity contribution in [3.8, 4) is 0 Å². The molecule has 0 aromatic rings. The van der Waals surface area contributed by atoms with Gasteiger partial charge in [0, 0.05) is 0 Å². The van der Waals surface area contributed by atoms with Gasteiger partial charge in [-0.15, -0.1) is 0 Å². The summed E-state index contributed by atoms with van der Waals surface area (Å²) in [6.07, 6.45) is 9.58. The van der Waals surface area contributed by atoms with Crippen molar-refractivity contribution < 1.29 is 0 Å². The van der Waals surface area contributed by atoms with Crippen molar-refractivity contribution in [3.63, 3.8) is 0 Å². The third-order valence-corrected chi connectivity index (χ3v) is 3.96. The van der Waals surface area contributed by atoms with Crippen LogP contribution in [0.1, 0.15) is 143 Å². The fourth-order valence-corrected chi connectivity index (χ4v) is 2.46. The molecule has 158 valence electrons. The lowest BCUT2D eigenvalue weighted by Gasteiger charge is -2.22. The summed E-state index contributed by atoms with van der Waals surface area (Å²) in [7, 11) is 0. The third-order valence-electron chi connectivity index (χ3n) is 3.96. The maximum Gasteiger partial charge on any atom is -0.0383 e. The number of unbranched alkanes of at least 4 members (excludes halogenated alkanes) is 1. The van der Waals surface area contributed by atoms with Crippen molar-refractivity contribution in [2.75, 3.05) is 0 Å². The summed E-state index contributed by atoms with van der Waals surface area (Å²) >= 11 is 0. The fourth-order valence-electron chi connectivity index (χ4n) is 2.46. The van der Waals surface area contributed by atoms with E-state index in [1.165, 1.54) is 44.9 Å². The summed E-state index contributed by atoms with van der Waals surface area (Å²) in [6, 6.07) is 0. The van der Waals surface area contributed by atoms with E-state index in [-0.39, 0.29) is 14.9 Å². The first-order valence-corrected chi connectivity index (χ1v) is 9.91. The average Bonchev–Trinajstić information content (AvgIpc) is 2.19. The van der Waals surface area contributed by atoms with Crippen LogP contribution in [0.4, 0.5) is 0 Å². The van der Waals surface area contributed by atoms with E-state index in [0.29, 0.717) is 21.7 Å². The Morgan fingerprint density at radius 2 is 0.480 bits per heavy atom. The Balaban J connectivity index is -0.000000164. The lowest BCUT2D eigenvalue weighted by molar-refractivity contribution is 0.301. The first-order chi connectivity index (χ1) is 9.91. The molecule has 0 atom stereocenters. The molecule has 0 N–H and O–H groups in total. The zero-order valence-electron chi connectivity index (χ0n) is 18.9. The second kappa shape index (κ2) is 13.2. The second-order valence-corrected chi connectivity index (χ2v) is 12.3. The Morgan fingerprint density at radius 1 is 0.320 bits per heavy atom. The highest BCUT2D eigenvalue weighted by Gasteiger charge is 2.14. The summed E-state index contributed by atoms with van der Waals surface area (Å²) < 4.78 is 0. The molecule has 0 aliphatic heterocycles. The second-order valence-electron chi connectivity index (χ2n) is 12.3. The summed E-state index contributed by atoms with van der Waals surface area (Å²) in [5.74, 6) is 0. The molecule has 25 heavy (non-hydrogen) atoms. The van der Waals surface area contributed by atoms with Crippen molar-refractivity contribution in [3.05, 3.63) is 0 Å². The molecule has 0 amide bonds. The predicted molar refractivity (Wildman–Crippen MR) is 124 cm³/mol. The van der Waals surface area contributed by atoms with Gasteiger partial charge in [-0.1, -0.05) is 117 Å². The highest BCUT2D eigenvalue weighted by atomic mass is 14.2. The summed E-state index contributed by atoms with van der Waals surface area (Å²) in [5, 5.41) is 0. The molecule has 0 unspecified atom stereocenters. The smallest absolute Gasteiger partial charge is 0.0383 e. The van der Waals surface area contributed by atoms with Gasteiger partial charge >= 0.3 is 0 Å². The topological polar surface area (TPSA) is 0 Å². The van der Waals surface area contributed by atoms with Crippen molar-refractivity contribution in [2.24, 2.45) is 21.7 Å². The third kappa shape index (κ3) is 40.2. The Bertz CT molecular complexity index is 239. The Labute approximate surface area is 165 Å². The molecule has 0 saturated carbocycles. The summed E-state index contributed by atoms with van der Waals surface area (Å²) in [6.45, 7) is 27.8. The Morgan fingerprint density at radius 3 is 0.640 bits per heavy atom. The molecule has 0 spiro atoms. The highest BCUT2D eigenvalue weighted by Crippen LogP contribution is 2.28. The van der Waals surface area contributed by atoms with Crippen LogP contribution in [0.5, 0.6) is 0 Å². The minimum atomic E-state index is 0. The van der Waals surface area contributed by atoms with Crippen molar-refractivity contribution in [2.45, 2.75) is 143 Å². The minimum Gasteiger partial charge on any atom is -0.0776 e. The zero-order valence-corrected chi connectivity index (χ0v) is 18.9. The SMILES string of the molecule is C.C.CC(C)(C)CCCC(C)(C)C.CC(C)(C)CCCCC(C)(C)C. The molecule has 0 nitrogen and oxygen atoms in total. The quantitative estimate of drug-likeness (QED) is 0.429. The van der Waals surface area contributed by atoms with E-state index in [2.05, 4.69) is 83.1 Å². The van der Waals surface area contributed by atoms with Gasteiger partial charge in [-0.2, -0.15) is 0 Å². The van der Waals surface area contributed by atoms with E-state index >= 15 is 0 Å². The van der Waals surface area contributed by atoms with Crippen molar-refractivity contribution >= 4 is 0 Å². The molecular weight excluding hydrogens is 300 g/mol. The zero-order chi connectivity index (χ0) is 18.9. The van der Waals surface area contributed by atoms with Crippen LogP contribution in [0.15, 0.2) is 0 Å². The van der Waals surface area contributed by atoms with Gasteiger partial charge in [-0.05, 0) is 47.3 Å². The molecule has 0 rings (SSSR count). The molecular formula is C25H58. The standard InChI is InChI=1S/C12H26.C11H24.2CH4/c1-11(2,3)9-7-8-10-12(4,5)6;1-10(2,3)8-7-9-11(4,5)6;;/h7-10H2,1-6H3;7-9H2,1-6H3;2*1H4. The fraction of sp³-hybridized carbons (Fsp3) is 1.00. The van der Waals surface area contributed by atoms with E-state index in [1.807, 2.05) is 0 Å². The van der Waals surface area contributed by atoms with E-state index in [9.17, 15) is 0 Å². The van der Waals surface area contributed by atoms with E-state index in [4.69, 9.17) is 0 Å². The largest absolute Gasteiger partial charge is 0.0776 e. The Hall–Kier alpha value is 0. The molecule has 0 bridgehead atoms. The van der Waals surface area contributed by atoms with E-state index < -0.39 is 0 Å². The van der Waals surface area contributed by atoms with Crippen molar-refractivity contribution in [1.82, 2.24) is 0 Å². The van der Waals surface area contributed by atoms with Gasteiger partial charge in [0.05, 0.1) is 0 Å². The highest BCUT2D eigenvalue weighted by molar-refractivity contribution is 4.66. The van der Waals surface area contributed by atoms with Gasteiger partial charge in [0.2, 0.25) is 0 Å². The predicted octanol–water partition coefficient (Wildman–Crippen LogP) is 10.2. The van der Waals surface area contributed by atoms with Crippen LogP contribution in [-0.4, -0.2) is 0 Å². The molecule has 0 fully saturated rings. The van der Waals surface area contributed by atoms with Gasteiger partial charge in [-0.3, -0.25) is 0 Å². The average molecular weight is 359 g/mol. The first-order valence-electron chi connectivity index (χ1n) is 9.91. The molecule has 0 heteroatoms.